The van der Waals surface area contributed by atoms with E-state index in [1.807, 2.05) is 0 Å². The topological polar surface area (TPSA) is 9.23 Å². The van der Waals surface area contributed by atoms with Gasteiger partial charge in [0.25, 0.3) is 0 Å². The smallest absolute Gasteiger partial charge is 0.392 e. The normalized spacial score (nSPS) is 13.1. The lowest BCUT2D eigenvalue weighted by atomic mass is 10.2. The molecule has 0 aliphatic rings. The van der Waals surface area contributed by atoms with Crippen LogP contribution in [0.1, 0.15) is 12.8 Å². The first-order valence-corrected chi connectivity index (χ1v) is 3.54. The lowest BCUT2D eigenvalue weighted by molar-refractivity contribution is -0.186. The Labute approximate surface area is 76.3 Å². The van der Waals surface area contributed by atoms with Gasteiger partial charge in [0.15, 0.2) is 0 Å². The van der Waals surface area contributed by atoms with Crippen LogP contribution in [0.2, 0.25) is 0 Å². The van der Waals surface area contributed by atoms with Crippen molar-refractivity contribution in [1.82, 2.24) is 0 Å². The fraction of sp³-hybridized carbons (Fsp3) is 0.714. The van der Waals surface area contributed by atoms with E-state index >= 15 is 0 Å². The molecule has 0 atom stereocenters. The summed E-state index contributed by atoms with van der Waals surface area (Å²) >= 11 is 0. The molecule has 0 unspecified atom stereocenters. The third kappa shape index (κ3) is 7.75. The largest absolute Gasteiger partial charge is 0.498 e. The summed E-state index contributed by atoms with van der Waals surface area (Å²) in [7, 11) is 0. The quantitative estimate of drug-likeness (QED) is 0.523. The molecule has 0 fully saturated rings. The fourth-order valence-corrected chi connectivity index (χ4v) is 0.821. The second kappa shape index (κ2) is 4.56. The Morgan fingerprint density at radius 3 is 1.57 bits per heavy atom. The molecule has 14 heavy (non-hydrogen) atoms. The van der Waals surface area contributed by atoms with Crippen LogP contribution in [0.15, 0.2) is 12.8 Å². The molecule has 0 rings (SSSR count). The zero-order valence-electron chi connectivity index (χ0n) is 6.95. The van der Waals surface area contributed by atoms with Crippen LogP contribution in [0.25, 0.3) is 0 Å². The third-order valence-corrected chi connectivity index (χ3v) is 1.21. The summed E-state index contributed by atoms with van der Waals surface area (Å²) in [4.78, 5) is 0. The Morgan fingerprint density at radius 2 is 1.36 bits per heavy atom. The summed E-state index contributed by atoms with van der Waals surface area (Å²) in [6, 6.07) is 0. The van der Waals surface area contributed by atoms with Crippen LogP contribution in [0.4, 0.5) is 26.3 Å². The summed E-state index contributed by atoms with van der Waals surface area (Å²) in [5.41, 5.74) is 0. The summed E-state index contributed by atoms with van der Waals surface area (Å²) in [5, 5.41) is 0. The minimum atomic E-state index is -4.68. The molecule has 0 radical (unpaired) electrons. The van der Waals surface area contributed by atoms with E-state index in [1.165, 1.54) is 0 Å². The maximum atomic E-state index is 11.7. The molecule has 84 valence electrons. The second-order valence-electron chi connectivity index (χ2n) is 2.56. The van der Waals surface area contributed by atoms with Crippen LogP contribution >= 0.6 is 0 Å². The minimum absolute atomic E-state index is 0.572. The lowest BCUT2D eigenvalue weighted by Gasteiger charge is -2.19. The van der Waals surface area contributed by atoms with E-state index in [9.17, 15) is 26.3 Å². The molecule has 0 aromatic rings. The number of rotatable bonds is 4. The first-order chi connectivity index (χ1) is 6.14. The molecule has 0 aromatic heterocycles. The zero-order chi connectivity index (χ0) is 11.4. The zero-order valence-corrected chi connectivity index (χ0v) is 6.95. The summed E-state index contributed by atoms with van der Waals surface area (Å²) in [5.74, 6) is 0. The van der Waals surface area contributed by atoms with Gasteiger partial charge in [0, 0.05) is 0 Å². The molecule has 0 aliphatic carbocycles. The number of hydrogen-bond donors (Lipinski definition) is 0. The van der Waals surface area contributed by atoms with Gasteiger partial charge in [-0.25, -0.2) is 0 Å². The molecule has 0 aromatic carbocycles. The van der Waals surface area contributed by atoms with Gasteiger partial charge in [0.05, 0.1) is 19.1 Å². The molecule has 0 aliphatic heterocycles. The highest BCUT2D eigenvalue weighted by atomic mass is 19.4. The van der Waals surface area contributed by atoms with Crippen molar-refractivity contribution in [2.24, 2.45) is 0 Å². The van der Waals surface area contributed by atoms with Crippen molar-refractivity contribution < 1.29 is 31.1 Å². The van der Waals surface area contributed by atoms with Crippen LogP contribution < -0.4 is 0 Å². The van der Waals surface area contributed by atoms with E-state index in [0.717, 1.165) is 0 Å². The Bertz CT molecular complexity index is 166. The highest BCUT2D eigenvalue weighted by Crippen LogP contribution is 2.30. The van der Waals surface area contributed by atoms with Gasteiger partial charge in [-0.2, -0.15) is 26.3 Å². The van der Waals surface area contributed by atoms with Gasteiger partial charge in [-0.3, -0.25) is 0 Å². The fourth-order valence-electron chi connectivity index (χ4n) is 0.821. The summed E-state index contributed by atoms with van der Waals surface area (Å²) in [6.45, 7) is 2.90. The van der Waals surface area contributed by atoms with Crippen LogP contribution in [0.3, 0.4) is 0 Å². The van der Waals surface area contributed by atoms with Crippen molar-refractivity contribution in [3.8, 4) is 0 Å². The molecular weight excluding hydrogens is 214 g/mol. The Hall–Kier alpha value is -0.880. The van der Waals surface area contributed by atoms with Crippen molar-refractivity contribution in [1.29, 1.82) is 0 Å². The number of hydrogen-bond acceptors (Lipinski definition) is 1. The molecule has 0 bridgehead atoms. The molecule has 0 spiro atoms. The van der Waals surface area contributed by atoms with Gasteiger partial charge in [-0.15, -0.1) is 0 Å². The predicted octanol–water partition coefficient (Wildman–Crippen LogP) is 3.42. The molecule has 0 heterocycles. The molecular formula is C7H8F6O. The van der Waals surface area contributed by atoms with E-state index in [4.69, 9.17) is 0 Å². The van der Waals surface area contributed by atoms with E-state index in [0.29, 0.717) is 6.26 Å². The highest BCUT2D eigenvalue weighted by Gasteiger charge is 2.39. The standard InChI is InChI=1S/C7H8F6O/c1-2-14-5(3-6(8,9)10)4-7(11,12)13/h2,5H,1,3-4H2. The SMILES string of the molecule is C=COC(CC(F)(F)F)CC(F)(F)F. The second-order valence-corrected chi connectivity index (χ2v) is 2.56. The average Bonchev–Trinajstić information content (AvgIpc) is 1.78. The van der Waals surface area contributed by atoms with Crippen molar-refractivity contribution in [3.05, 3.63) is 12.8 Å². The minimum Gasteiger partial charge on any atom is -0.498 e. The Balaban J connectivity index is 4.23. The maximum Gasteiger partial charge on any atom is 0.392 e. The van der Waals surface area contributed by atoms with Crippen molar-refractivity contribution in [2.75, 3.05) is 0 Å². The molecule has 0 amide bonds. The molecule has 0 saturated heterocycles. The van der Waals surface area contributed by atoms with E-state index in [2.05, 4.69) is 11.3 Å². The number of halogens is 6. The van der Waals surface area contributed by atoms with Crippen LogP contribution in [0, 0.1) is 0 Å². The van der Waals surface area contributed by atoms with Crippen molar-refractivity contribution in [3.63, 3.8) is 0 Å². The Morgan fingerprint density at radius 1 is 1.00 bits per heavy atom. The molecule has 1 nitrogen and oxygen atoms in total. The van der Waals surface area contributed by atoms with Crippen LogP contribution in [0.5, 0.6) is 0 Å². The third-order valence-electron chi connectivity index (χ3n) is 1.21. The first-order valence-electron chi connectivity index (χ1n) is 3.54. The van der Waals surface area contributed by atoms with Gasteiger partial charge >= 0.3 is 12.4 Å². The highest BCUT2D eigenvalue weighted by molar-refractivity contribution is 4.70. The summed E-state index contributed by atoms with van der Waals surface area (Å²) < 4.78 is 74.5. The van der Waals surface area contributed by atoms with Gasteiger partial charge in [0.2, 0.25) is 0 Å². The number of ether oxygens (including phenoxy) is 1. The van der Waals surface area contributed by atoms with Crippen molar-refractivity contribution >= 4 is 0 Å². The summed E-state index contributed by atoms with van der Waals surface area (Å²) in [6.07, 6.45) is -14.0. The first kappa shape index (κ1) is 13.1. The predicted molar refractivity (Wildman–Crippen MR) is 36.4 cm³/mol. The van der Waals surface area contributed by atoms with Crippen LogP contribution in [-0.2, 0) is 4.74 Å². The van der Waals surface area contributed by atoms with Gasteiger partial charge in [-0.1, -0.05) is 6.58 Å². The van der Waals surface area contributed by atoms with Crippen LogP contribution in [-0.4, -0.2) is 18.5 Å². The average molecular weight is 222 g/mol. The van der Waals surface area contributed by atoms with E-state index in [-0.39, 0.29) is 0 Å². The van der Waals surface area contributed by atoms with Gasteiger partial charge in [-0.05, 0) is 0 Å². The maximum absolute atomic E-state index is 11.7. The molecule has 0 saturated carbocycles. The molecule has 7 heteroatoms. The Kier molecular flexibility index (Phi) is 4.28. The van der Waals surface area contributed by atoms with E-state index < -0.39 is 31.3 Å². The number of alkyl halides is 6. The monoisotopic (exact) mass is 222 g/mol. The van der Waals surface area contributed by atoms with Gasteiger partial charge in [0.1, 0.15) is 6.10 Å². The van der Waals surface area contributed by atoms with Gasteiger partial charge < -0.3 is 4.74 Å². The van der Waals surface area contributed by atoms with E-state index in [1.54, 1.807) is 0 Å². The lowest BCUT2D eigenvalue weighted by Crippen LogP contribution is -2.26. The molecule has 0 N–H and O–H groups in total. The van der Waals surface area contributed by atoms with Crippen molar-refractivity contribution in [2.45, 2.75) is 31.3 Å².